The Bertz CT molecular complexity index is 496. The molecule has 0 aromatic carbocycles. The van der Waals surface area contributed by atoms with Crippen molar-refractivity contribution < 1.29 is 19.4 Å². The van der Waals surface area contributed by atoms with Gasteiger partial charge < -0.3 is 15.6 Å². The summed E-state index contributed by atoms with van der Waals surface area (Å²) in [5, 5.41) is 8.74. The number of rotatable bonds is 8. The Morgan fingerprint density at radius 1 is 1.16 bits per heavy atom. The fraction of sp³-hybridized carbons (Fsp3) is 0.800. The lowest BCUT2D eigenvalue weighted by atomic mass is 9.61. The molecule has 0 saturated heterocycles. The zero-order chi connectivity index (χ0) is 19.3. The highest BCUT2D eigenvalue weighted by molar-refractivity contribution is 5.81. The summed E-state index contributed by atoms with van der Waals surface area (Å²) in [7, 11) is 0. The number of carboxylic acid groups (broad SMARTS) is 1. The summed E-state index contributed by atoms with van der Waals surface area (Å²) >= 11 is 0. The molecule has 0 saturated carbocycles. The maximum Gasteiger partial charge on any atom is 0.323 e. The Hall–Kier alpha value is -1.36. The van der Waals surface area contributed by atoms with E-state index in [1.54, 1.807) is 0 Å². The maximum atomic E-state index is 11.9. The van der Waals surface area contributed by atoms with Gasteiger partial charge >= 0.3 is 11.9 Å². The summed E-state index contributed by atoms with van der Waals surface area (Å²) in [5.74, 6) is 1.41. The van der Waals surface area contributed by atoms with Gasteiger partial charge in [0.05, 0.1) is 6.42 Å². The lowest BCUT2D eigenvalue weighted by Gasteiger charge is -2.44. The van der Waals surface area contributed by atoms with Crippen molar-refractivity contribution in [3.63, 3.8) is 0 Å². The first-order valence-corrected chi connectivity index (χ1v) is 9.39. The van der Waals surface area contributed by atoms with E-state index in [0.717, 1.165) is 12.0 Å². The van der Waals surface area contributed by atoms with Crippen molar-refractivity contribution in [3.05, 3.63) is 11.6 Å². The fourth-order valence-electron chi connectivity index (χ4n) is 4.28. The molecule has 5 heteroatoms. The number of hydrogen-bond acceptors (Lipinski definition) is 4. The first-order chi connectivity index (χ1) is 11.6. The highest BCUT2D eigenvalue weighted by Gasteiger charge is 2.39. The molecule has 0 heterocycles. The second kappa shape index (κ2) is 9.37. The van der Waals surface area contributed by atoms with Gasteiger partial charge in [0.25, 0.3) is 0 Å². The van der Waals surface area contributed by atoms with E-state index in [9.17, 15) is 9.59 Å². The van der Waals surface area contributed by atoms with Gasteiger partial charge in [-0.3, -0.25) is 9.59 Å². The highest BCUT2D eigenvalue weighted by Crippen LogP contribution is 2.46. The molecule has 5 nitrogen and oxygen atoms in total. The van der Waals surface area contributed by atoms with E-state index >= 15 is 0 Å². The number of hydrogen-bond donors (Lipinski definition) is 2. The van der Waals surface area contributed by atoms with E-state index in [-0.39, 0.29) is 6.61 Å². The van der Waals surface area contributed by atoms with E-state index in [0.29, 0.717) is 35.5 Å². The zero-order valence-corrected chi connectivity index (χ0v) is 16.5. The quantitative estimate of drug-likeness (QED) is 0.515. The molecule has 1 rings (SSSR count). The summed E-state index contributed by atoms with van der Waals surface area (Å²) < 4.78 is 5.35. The Balaban J connectivity index is 2.90. The third-order valence-electron chi connectivity index (χ3n) is 5.41. The first-order valence-electron chi connectivity index (χ1n) is 9.39. The number of carbonyl (C=O) groups excluding carboxylic acids is 1. The Labute approximate surface area is 152 Å². The molecule has 0 radical (unpaired) electrons. The number of esters is 1. The maximum absolute atomic E-state index is 11.9. The van der Waals surface area contributed by atoms with E-state index in [1.807, 2.05) is 0 Å². The van der Waals surface area contributed by atoms with Crippen molar-refractivity contribution in [3.8, 4) is 0 Å². The van der Waals surface area contributed by atoms with Gasteiger partial charge in [0.2, 0.25) is 0 Å². The molecule has 0 bridgehead atoms. The molecule has 1 aliphatic carbocycles. The first kappa shape index (κ1) is 21.7. The highest BCUT2D eigenvalue weighted by atomic mass is 16.5. The van der Waals surface area contributed by atoms with Crippen LogP contribution in [0.15, 0.2) is 11.6 Å². The third kappa shape index (κ3) is 5.84. The van der Waals surface area contributed by atoms with Crippen LogP contribution in [0.2, 0.25) is 0 Å². The molecule has 0 spiro atoms. The molecule has 3 N–H and O–H groups in total. The number of carbonyl (C=O) groups is 2. The molecule has 0 aliphatic heterocycles. The minimum absolute atomic E-state index is 0.211. The molecule has 0 aromatic rings. The smallest absolute Gasteiger partial charge is 0.323 e. The number of ether oxygens (including phenoxy) is 1. The van der Waals surface area contributed by atoms with Gasteiger partial charge in [-0.25, -0.2) is 0 Å². The average molecular weight is 354 g/mol. The van der Waals surface area contributed by atoms with Crippen LogP contribution in [0, 0.1) is 35.5 Å². The van der Waals surface area contributed by atoms with E-state index < -0.39 is 24.4 Å². The number of allylic oxidation sites excluding steroid dienone is 1. The minimum atomic E-state index is -1.11. The molecule has 3 unspecified atom stereocenters. The third-order valence-corrected chi connectivity index (χ3v) is 5.41. The number of nitrogens with two attached hydrogens (primary N) is 1. The molecule has 1 aliphatic rings. The number of aliphatic carboxylic acids is 1. The SMILES string of the molecule is CC(C)C1C(COC(=O)C(N)CC(=O)O)=CC[C@H](C(C)C)C1C(C)C. The standard InChI is InChI=1S/C20H35NO4/c1-11(2)15-8-7-14(18(12(3)4)19(15)13(5)6)10-25-20(24)16(21)9-17(22)23/h7,11-13,15-16,18-19H,8-10,21H2,1-6H3,(H,22,23)/t15-,16?,18?,19?/m1/s1. The molecule has 0 amide bonds. The molecular formula is C20H35NO4. The van der Waals surface area contributed by atoms with E-state index in [1.165, 1.54) is 0 Å². The van der Waals surface area contributed by atoms with Gasteiger partial charge in [0, 0.05) is 0 Å². The van der Waals surface area contributed by atoms with Crippen molar-refractivity contribution >= 4 is 11.9 Å². The van der Waals surface area contributed by atoms with Gasteiger partial charge in [0.1, 0.15) is 12.6 Å². The van der Waals surface area contributed by atoms with Gasteiger partial charge in [-0.1, -0.05) is 47.6 Å². The van der Waals surface area contributed by atoms with Crippen LogP contribution < -0.4 is 5.73 Å². The molecule has 0 aromatic heterocycles. The van der Waals surface area contributed by atoms with Crippen LogP contribution in [0.5, 0.6) is 0 Å². The minimum Gasteiger partial charge on any atom is -0.481 e. The van der Waals surface area contributed by atoms with Crippen LogP contribution in [-0.4, -0.2) is 29.7 Å². The van der Waals surface area contributed by atoms with Crippen molar-refractivity contribution in [1.29, 1.82) is 0 Å². The fourth-order valence-corrected chi connectivity index (χ4v) is 4.28. The largest absolute Gasteiger partial charge is 0.481 e. The van der Waals surface area contributed by atoms with Crippen molar-refractivity contribution in [2.75, 3.05) is 6.61 Å². The summed E-state index contributed by atoms with van der Waals surface area (Å²) in [6, 6.07) is -1.11. The van der Waals surface area contributed by atoms with Gasteiger partial charge in [-0.15, -0.1) is 0 Å². The van der Waals surface area contributed by atoms with Gasteiger partial charge in [0.15, 0.2) is 0 Å². The monoisotopic (exact) mass is 353 g/mol. The van der Waals surface area contributed by atoms with Crippen LogP contribution in [0.25, 0.3) is 0 Å². The van der Waals surface area contributed by atoms with Crippen molar-refractivity contribution in [2.45, 2.75) is 60.4 Å². The van der Waals surface area contributed by atoms with Crippen molar-refractivity contribution in [1.82, 2.24) is 0 Å². The molecule has 4 atom stereocenters. The average Bonchev–Trinajstić information content (AvgIpc) is 2.50. The van der Waals surface area contributed by atoms with Crippen LogP contribution >= 0.6 is 0 Å². The van der Waals surface area contributed by atoms with Crippen molar-refractivity contribution in [2.24, 2.45) is 41.2 Å². The predicted octanol–water partition coefficient (Wildman–Crippen LogP) is 3.48. The summed E-state index contributed by atoms with van der Waals surface area (Å²) in [4.78, 5) is 22.6. The van der Waals surface area contributed by atoms with Crippen LogP contribution in [0.1, 0.15) is 54.4 Å². The lowest BCUT2D eigenvalue weighted by molar-refractivity contribution is -0.148. The summed E-state index contributed by atoms with van der Waals surface area (Å²) in [5.41, 5.74) is 6.74. The summed E-state index contributed by atoms with van der Waals surface area (Å²) in [6.45, 7) is 13.7. The molecular weight excluding hydrogens is 318 g/mol. The Morgan fingerprint density at radius 2 is 1.76 bits per heavy atom. The second-order valence-electron chi connectivity index (χ2n) is 8.33. The topological polar surface area (TPSA) is 89.6 Å². The second-order valence-corrected chi connectivity index (χ2v) is 8.33. The normalized spacial score (nSPS) is 25.2. The van der Waals surface area contributed by atoms with Crippen LogP contribution in [0.4, 0.5) is 0 Å². The summed E-state index contributed by atoms with van der Waals surface area (Å²) in [6.07, 6.45) is 2.82. The zero-order valence-electron chi connectivity index (χ0n) is 16.5. The molecule has 144 valence electrons. The van der Waals surface area contributed by atoms with Crippen LogP contribution in [-0.2, 0) is 14.3 Å². The molecule has 25 heavy (non-hydrogen) atoms. The predicted molar refractivity (Wildman–Crippen MR) is 98.9 cm³/mol. The van der Waals surface area contributed by atoms with Gasteiger partial charge in [-0.2, -0.15) is 0 Å². The van der Waals surface area contributed by atoms with Gasteiger partial charge in [-0.05, 0) is 47.5 Å². The number of carboxylic acids is 1. The Kier molecular flexibility index (Phi) is 8.13. The molecule has 0 fully saturated rings. The van der Waals surface area contributed by atoms with E-state index in [2.05, 4.69) is 47.6 Å². The Morgan fingerprint density at radius 3 is 2.20 bits per heavy atom. The lowest BCUT2D eigenvalue weighted by Crippen LogP contribution is -2.40. The van der Waals surface area contributed by atoms with Crippen LogP contribution in [0.3, 0.4) is 0 Å². The van der Waals surface area contributed by atoms with E-state index in [4.69, 9.17) is 15.6 Å².